The molecule has 3 N–H and O–H groups in total. The zero-order valence-corrected chi connectivity index (χ0v) is 64.7. The van der Waals surface area contributed by atoms with E-state index < -0.39 is 12.1 Å². The van der Waals surface area contributed by atoms with E-state index in [4.69, 9.17) is 4.74 Å². The predicted molar refractivity (Wildman–Crippen MR) is 421 cm³/mol. The fraction of sp³-hybridized carbons (Fsp3) is 0.910. The van der Waals surface area contributed by atoms with E-state index in [1.54, 1.807) is 0 Å². The first kappa shape index (κ1) is 93.1. The number of allylic oxidation sites excluding steroid dienone is 6. The summed E-state index contributed by atoms with van der Waals surface area (Å²) in [6.45, 7) is 5.01. The SMILES string of the molecule is CCCCCCCCC/C=C\CCCCCCCCCC(=O)OCCCCCCCCCCCCCCC/C=C\C/C=C\CCCCCCCCCCCCCCCCCCCC(=O)NC(CO)C(O)CCCCCCCCCCCCCCCCCCCCCCCCC. The quantitative estimate of drug-likeness (QED) is 0.0320. The molecule has 2 atom stereocenters. The second kappa shape index (κ2) is 84.5. The molecule has 0 aromatic carbocycles. The van der Waals surface area contributed by atoms with E-state index in [0.717, 1.165) is 51.4 Å². The Kier molecular flexibility index (Phi) is 82.8. The number of aliphatic hydroxyl groups is 2. The van der Waals surface area contributed by atoms with Crippen molar-refractivity contribution in [2.75, 3.05) is 13.2 Å². The van der Waals surface area contributed by atoms with Gasteiger partial charge in [-0.25, -0.2) is 0 Å². The third-order valence-corrected chi connectivity index (χ3v) is 20.7. The molecular formula is C89H171NO5. The zero-order valence-electron chi connectivity index (χ0n) is 64.7. The first-order valence-electron chi connectivity index (χ1n) is 43.7. The maximum atomic E-state index is 12.6. The van der Waals surface area contributed by atoms with Gasteiger partial charge in [0.15, 0.2) is 0 Å². The lowest BCUT2D eigenvalue weighted by Crippen LogP contribution is -2.45. The van der Waals surface area contributed by atoms with Crippen LogP contribution in [0.15, 0.2) is 36.5 Å². The molecule has 0 rings (SSSR count). The second-order valence-electron chi connectivity index (χ2n) is 30.2. The molecule has 0 aliphatic heterocycles. The van der Waals surface area contributed by atoms with E-state index >= 15 is 0 Å². The first-order chi connectivity index (χ1) is 47.0. The molecule has 0 saturated carbocycles. The Bertz CT molecular complexity index is 1540. The van der Waals surface area contributed by atoms with E-state index in [0.29, 0.717) is 25.9 Å². The standard InChI is InChI=1S/C89H171NO5/c1-3-5-7-9-11-13-15-17-19-21-23-24-40-43-46-49-53-57-61-65-69-73-77-81-87(92)86(85-91)90-88(93)82-78-74-70-66-62-58-54-50-47-44-41-38-36-34-32-30-28-26-25-27-29-31-33-35-37-39-42-45-48-52-56-60-64-68-72-76-80-84-95-89(94)83-79-75-71-67-63-59-55-51-22-20-18-16-14-12-10-8-6-4-2/h20,22,25,27,31,33,86-87,91-92H,3-19,21,23-24,26,28-30,32,34-85H2,1-2H3,(H,90,93)/b22-20-,27-25-,33-31-. The molecule has 0 spiro atoms. The van der Waals surface area contributed by atoms with Gasteiger partial charge in [0.25, 0.3) is 0 Å². The molecule has 0 bridgehead atoms. The average Bonchev–Trinajstić information content (AvgIpc) is 3.03. The summed E-state index contributed by atoms with van der Waals surface area (Å²) in [7, 11) is 0. The normalized spacial score (nSPS) is 12.6. The number of amides is 1. The molecule has 0 aromatic heterocycles. The number of esters is 1. The lowest BCUT2D eigenvalue weighted by atomic mass is 10.0. The van der Waals surface area contributed by atoms with E-state index in [1.807, 2.05) is 0 Å². The fourth-order valence-corrected chi connectivity index (χ4v) is 14.0. The van der Waals surface area contributed by atoms with Crippen LogP contribution >= 0.6 is 0 Å². The number of nitrogens with one attached hydrogen (secondary N) is 1. The molecule has 0 radical (unpaired) electrons. The van der Waals surface area contributed by atoms with Crippen molar-refractivity contribution in [2.45, 2.75) is 508 Å². The molecule has 0 heterocycles. The van der Waals surface area contributed by atoms with Crippen molar-refractivity contribution < 1.29 is 24.5 Å². The fourth-order valence-electron chi connectivity index (χ4n) is 14.0. The molecule has 95 heavy (non-hydrogen) atoms. The molecule has 6 heteroatoms. The van der Waals surface area contributed by atoms with Crippen molar-refractivity contribution in [2.24, 2.45) is 0 Å². The molecule has 0 aromatic rings. The molecule has 0 fully saturated rings. The van der Waals surface area contributed by atoms with Crippen LogP contribution in [0.4, 0.5) is 0 Å². The highest BCUT2D eigenvalue weighted by Crippen LogP contribution is 2.21. The molecule has 562 valence electrons. The Hall–Kier alpha value is -1.92. The number of hydrogen-bond donors (Lipinski definition) is 3. The van der Waals surface area contributed by atoms with Gasteiger partial charge in [0.05, 0.1) is 25.4 Å². The largest absolute Gasteiger partial charge is 0.466 e. The molecule has 1 amide bonds. The third-order valence-electron chi connectivity index (χ3n) is 20.7. The number of aliphatic hydroxyl groups excluding tert-OH is 2. The van der Waals surface area contributed by atoms with Crippen LogP contribution < -0.4 is 5.32 Å². The topological polar surface area (TPSA) is 95.9 Å². The average molecular weight is 1340 g/mol. The number of unbranched alkanes of at least 4 members (excludes halogenated alkanes) is 66. The van der Waals surface area contributed by atoms with Gasteiger partial charge in [-0.15, -0.1) is 0 Å². The predicted octanol–water partition coefficient (Wildman–Crippen LogP) is 29.3. The van der Waals surface area contributed by atoms with Crippen LogP contribution in [0.5, 0.6) is 0 Å². The summed E-state index contributed by atoms with van der Waals surface area (Å²) < 4.78 is 5.51. The van der Waals surface area contributed by atoms with Crippen molar-refractivity contribution in [3.63, 3.8) is 0 Å². The maximum Gasteiger partial charge on any atom is 0.305 e. The van der Waals surface area contributed by atoms with Gasteiger partial charge in [-0.2, -0.15) is 0 Å². The van der Waals surface area contributed by atoms with Crippen LogP contribution in [0.3, 0.4) is 0 Å². The van der Waals surface area contributed by atoms with Gasteiger partial charge in [-0.3, -0.25) is 9.59 Å². The number of carbonyl (C=O) groups excluding carboxylic acids is 2. The summed E-state index contributed by atoms with van der Waals surface area (Å²) in [6, 6.07) is -0.541. The molecule has 6 nitrogen and oxygen atoms in total. The Morgan fingerprint density at radius 3 is 0.811 bits per heavy atom. The minimum absolute atomic E-state index is 0.0169. The molecule has 0 saturated heterocycles. The molecule has 0 aliphatic carbocycles. The van der Waals surface area contributed by atoms with Crippen LogP contribution in [0.1, 0.15) is 495 Å². The van der Waals surface area contributed by atoms with E-state index in [9.17, 15) is 19.8 Å². The summed E-state index contributed by atoms with van der Waals surface area (Å²) in [5.41, 5.74) is 0. The molecule has 0 aliphatic rings. The monoisotopic (exact) mass is 1330 g/mol. The van der Waals surface area contributed by atoms with Crippen molar-refractivity contribution in [1.29, 1.82) is 0 Å². The van der Waals surface area contributed by atoms with Crippen molar-refractivity contribution in [3.8, 4) is 0 Å². The number of rotatable bonds is 83. The van der Waals surface area contributed by atoms with Crippen molar-refractivity contribution >= 4 is 11.9 Å². The summed E-state index contributed by atoms with van der Waals surface area (Å²) in [6.07, 6.45) is 111. The van der Waals surface area contributed by atoms with Crippen LogP contribution in [0.2, 0.25) is 0 Å². The summed E-state index contributed by atoms with van der Waals surface area (Å²) in [5.74, 6) is -0.00951. The van der Waals surface area contributed by atoms with Gasteiger partial charge < -0.3 is 20.3 Å². The Morgan fingerprint density at radius 1 is 0.295 bits per heavy atom. The van der Waals surface area contributed by atoms with Gasteiger partial charge in [-0.05, 0) is 83.5 Å². The summed E-state index contributed by atoms with van der Waals surface area (Å²) in [5, 5.41) is 23.5. The van der Waals surface area contributed by atoms with Gasteiger partial charge >= 0.3 is 5.97 Å². The minimum atomic E-state index is -0.664. The van der Waals surface area contributed by atoms with Crippen LogP contribution in [0.25, 0.3) is 0 Å². The van der Waals surface area contributed by atoms with Crippen LogP contribution in [0, 0.1) is 0 Å². The Balaban J connectivity index is 3.36. The molecular weight excluding hydrogens is 1160 g/mol. The lowest BCUT2D eigenvalue weighted by Gasteiger charge is -2.22. The number of carbonyl (C=O) groups is 2. The van der Waals surface area contributed by atoms with Gasteiger partial charge in [-0.1, -0.05) is 436 Å². The highest BCUT2D eigenvalue weighted by atomic mass is 16.5. The van der Waals surface area contributed by atoms with Gasteiger partial charge in [0, 0.05) is 12.8 Å². The van der Waals surface area contributed by atoms with E-state index in [-0.39, 0.29) is 18.5 Å². The van der Waals surface area contributed by atoms with E-state index in [2.05, 4.69) is 55.6 Å². The maximum absolute atomic E-state index is 12.6. The second-order valence-corrected chi connectivity index (χ2v) is 30.2. The van der Waals surface area contributed by atoms with Crippen LogP contribution in [-0.2, 0) is 14.3 Å². The highest BCUT2D eigenvalue weighted by Gasteiger charge is 2.20. The molecule has 2 unspecified atom stereocenters. The van der Waals surface area contributed by atoms with Crippen molar-refractivity contribution in [3.05, 3.63) is 36.5 Å². The summed E-state index contributed by atoms with van der Waals surface area (Å²) in [4.78, 5) is 24.7. The number of ether oxygens (including phenoxy) is 1. The minimum Gasteiger partial charge on any atom is -0.466 e. The van der Waals surface area contributed by atoms with Crippen LogP contribution in [-0.4, -0.2) is 47.4 Å². The Labute approximate surface area is 595 Å². The Morgan fingerprint density at radius 2 is 0.526 bits per heavy atom. The third kappa shape index (κ3) is 80.9. The smallest absolute Gasteiger partial charge is 0.305 e. The first-order valence-corrected chi connectivity index (χ1v) is 43.7. The van der Waals surface area contributed by atoms with Crippen molar-refractivity contribution in [1.82, 2.24) is 5.32 Å². The zero-order chi connectivity index (χ0) is 68.4. The lowest BCUT2D eigenvalue weighted by molar-refractivity contribution is -0.143. The number of hydrogen-bond acceptors (Lipinski definition) is 5. The van der Waals surface area contributed by atoms with E-state index in [1.165, 1.54) is 411 Å². The highest BCUT2D eigenvalue weighted by molar-refractivity contribution is 5.76. The van der Waals surface area contributed by atoms with Gasteiger partial charge in [0.1, 0.15) is 0 Å². The summed E-state index contributed by atoms with van der Waals surface area (Å²) >= 11 is 0. The van der Waals surface area contributed by atoms with Gasteiger partial charge in [0.2, 0.25) is 5.91 Å².